The Morgan fingerprint density at radius 1 is 0.941 bits per heavy atom. The molecule has 0 N–H and O–H groups in total. The van der Waals surface area contributed by atoms with Crippen molar-refractivity contribution in [2.24, 2.45) is 0 Å². The van der Waals surface area contributed by atoms with Crippen LogP contribution in [-0.4, -0.2) is 4.92 Å². The van der Waals surface area contributed by atoms with Gasteiger partial charge in [0.15, 0.2) is 0 Å². The molecule has 0 aromatic heterocycles. The summed E-state index contributed by atoms with van der Waals surface area (Å²) >= 11 is 0. The van der Waals surface area contributed by atoms with Crippen LogP contribution in [-0.2, 0) is 0 Å². The van der Waals surface area contributed by atoms with E-state index in [1.54, 1.807) is 19.1 Å². The molecule has 2 rings (SSSR count). The number of hydrogen-bond acceptors (Lipinski definition) is 2. The van der Waals surface area contributed by atoms with Crippen molar-refractivity contribution >= 4 is 5.69 Å². The van der Waals surface area contributed by atoms with Gasteiger partial charge in [-0.15, -0.1) is 0 Å². The molecule has 3 nitrogen and oxygen atoms in total. The van der Waals surface area contributed by atoms with Crippen molar-refractivity contribution in [1.29, 1.82) is 0 Å². The van der Waals surface area contributed by atoms with E-state index < -0.39 is 0 Å². The molecule has 0 fully saturated rings. The van der Waals surface area contributed by atoms with E-state index in [1.807, 2.05) is 37.3 Å². The highest BCUT2D eigenvalue weighted by Gasteiger charge is 2.11. The third-order valence-corrected chi connectivity index (χ3v) is 2.79. The van der Waals surface area contributed by atoms with Crippen molar-refractivity contribution in [1.82, 2.24) is 0 Å². The maximum atomic E-state index is 10.9. The molecular formula is C14H13NO2. The molecule has 0 saturated carbocycles. The predicted octanol–water partition coefficient (Wildman–Crippen LogP) is 3.88. The van der Waals surface area contributed by atoms with Crippen LogP contribution < -0.4 is 0 Å². The monoisotopic (exact) mass is 227 g/mol. The Hall–Kier alpha value is -2.16. The van der Waals surface area contributed by atoms with Crippen LogP contribution in [0.15, 0.2) is 42.5 Å². The van der Waals surface area contributed by atoms with Gasteiger partial charge in [-0.05, 0) is 25.0 Å². The molecule has 0 atom stereocenters. The molecule has 0 unspecified atom stereocenters. The SMILES string of the molecule is Cc1ccc(-c2ccc(C)c([N+](=O)[O-])c2)cc1. The van der Waals surface area contributed by atoms with E-state index in [1.165, 1.54) is 5.56 Å². The molecule has 3 heteroatoms. The van der Waals surface area contributed by atoms with Crippen LogP contribution >= 0.6 is 0 Å². The maximum Gasteiger partial charge on any atom is 0.272 e. The van der Waals surface area contributed by atoms with E-state index in [0.29, 0.717) is 5.56 Å². The lowest BCUT2D eigenvalue weighted by Crippen LogP contribution is -1.92. The minimum atomic E-state index is -0.340. The standard InChI is InChI=1S/C14H13NO2/c1-10-3-6-12(7-4-10)13-8-5-11(2)14(9-13)15(16)17/h3-9H,1-2H3. The largest absolute Gasteiger partial charge is 0.272 e. The summed E-state index contributed by atoms with van der Waals surface area (Å²) in [5.41, 5.74) is 3.91. The Morgan fingerprint density at radius 2 is 1.53 bits per heavy atom. The van der Waals surface area contributed by atoms with Crippen molar-refractivity contribution < 1.29 is 4.92 Å². The van der Waals surface area contributed by atoms with E-state index >= 15 is 0 Å². The molecule has 0 spiro atoms. The summed E-state index contributed by atoms with van der Waals surface area (Å²) in [4.78, 5) is 10.5. The Balaban J connectivity index is 2.50. The van der Waals surface area contributed by atoms with E-state index in [2.05, 4.69) is 0 Å². The van der Waals surface area contributed by atoms with Crippen LogP contribution in [0.25, 0.3) is 11.1 Å². The Morgan fingerprint density at radius 3 is 2.12 bits per heavy atom. The van der Waals surface area contributed by atoms with E-state index in [-0.39, 0.29) is 10.6 Å². The third kappa shape index (κ3) is 2.33. The smallest absolute Gasteiger partial charge is 0.258 e. The molecule has 0 radical (unpaired) electrons. The summed E-state index contributed by atoms with van der Waals surface area (Å²) in [6, 6.07) is 13.3. The minimum Gasteiger partial charge on any atom is -0.258 e. The zero-order chi connectivity index (χ0) is 12.4. The van der Waals surface area contributed by atoms with Crippen molar-refractivity contribution in [2.45, 2.75) is 13.8 Å². The first-order chi connectivity index (χ1) is 8.08. The zero-order valence-electron chi connectivity index (χ0n) is 9.81. The first-order valence-electron chi connectivity index (χ1n) is 5.40. The van der Waals surface area contributed by atoms with Gasteiger partial charge in [0.1, 0.15) is 0 Å². The summed E-state index contributed by atoms with van der Waals surface area (Å²) in [7, 11) is 0. The van der Waals surface area contributed by atoms with Gasteiger partial charge in [0, 0.05) is 11.6 Å². The summed E-state index contributed by atoms with van der Waals surface area (Å²) in [6.07, 6.45) is 0. The number of nitro groups is 1. The highest BCUT2D eigenvalue weighted by Crippen LogP contribution is 2.26. The lowest BCUT2D eigenvalue weighted by atomic mass is 10.0. The van der Waals surface area contributed by atoms with Gasteiger partial charge >= 0.3 is 0 Å². The van der Waals surface area contributed by atoms with Crippen LogP contribution in [0.4, 0.5) is 5.69 Å². The van der Waals surface area contributed by atoms with E-state index in [4.69, 9.17) is 0 Å². The van der Waals surface area contributed by atoms with Crippen LogP contribution in [0.5, 0.6) is 0 Å². The second-order valence-electron chi connectivity index (χ2n) is 4.12. The van der Waals surface area contributed by atoms with Crippen molar-refractivity contribution in [3.05, 3.63) is 63.7 Å². The molecule has 0 aliphatic rings. The number of hydrogen-bond donors (Lipinski definition) is 0. The summed E-state index contributed by atoms with van der Waals surface area (Å²) in [6.45, 7) is 3.76. The molecule has 86 valence electrons. The second-order valence-corrected chi connectivity index (χ2v) is 4.12. The fourth-order valence-electron chi connectivity index (χ4n) is 1.73. The number of rotatable bonds is 2. The molecular weight excluding hydrogens is 214 g/mol. The highest BCUT2D eigenvalue weighted by atomic mass is 16.6. The highest BCUT2D eigenvalue weighted by molar-refractivity contribution is 5.67. The fraction of sp³-hybridized carbons (Fsp3) is 0.143. The van der Waals surface area contributed by atoms with Gasteiger partial charge in [-0.3, -0.25) is 10.1 Å². The molecule has 0 aliphatic heterocycles. The Bertz CT molecular complexity index is 559. The van der Waals surface area contributed by atoms with E-state index in [0.717, 1.165) is 11.1 Å². The van der Waals surface area contributed by atoms with Gasteiger partial charge in [-0.2, -0.15) is 0 Å². The third-order valence-electron chi connectivity index (χ3n) is 2.79. The first-order valence-corrected chi connectivity index (χ1v) is 5.40. The predicted molar refractivity (Wildman–Crippen MR) is 68.0 cm³/mol. The first kappa shape index (κ1) is 11.3. The number of benzene rings is 2. The molecule has 0 saturated heterocycles. The second kappa shape index (κ2) is 4.37. The molecule has 0 heterocycles. The molecule has 17 heavy (non-hydrogen) atoms. The van der Waals surface area contributed by atoms with Gasteiger partial charge in [-0.25, -0.2) is 0 Å². The molecule has 2 aromatic carbocycles. The summed E-state index contributed by atoms with van der Waals surface area (Å²) < 4.78 is 0. The summed E-state index contributed by atoms with van der Waals surface area (Å²) in [5, 5.41) is 10.9. The summed E-state index contributed by atoms with van der Waals surface area (Å²) in [5.74, 6) is 0. The average molecular weight is 227 g/mol. The van der Waals surface area contributed by atoms with Gasteiger partial charge in [-0.1, -0.05) is 42.0 Å². The van der Waals surface area contributed by atoms with Crippen LogP contribution in [0.3, 0.4) is 0 Å². The minimum absolute atomic E-state index is 0.170. The molecule has 0 amide bonds. The zero-order valence-corrected chi connectivity index (χ0v) is 9.81. The molecule has 0 aliphatic carbocycles. The topological polar surface area (TPSA) is 43.1 Å². The van der Waals surface area contributed by atoms with Crippen molar-refractivity contribution in [3.8, 4) is 11.1 Å². The number of aryl methyl sites for hydroxylation is 2. The lowest BCUT2D eigenvalue weighted by Gasteiger charge is -2.04. The van der Waals surface area contributed by atoms with Gasteiger partial charge in [0.2, 0.25) is 0 Å². The Labute approximate surface area is 99.9 Å². The van der Waals surface area contributed by atoms with Crippen molar-refractivity contribution in [2.75, 3.05) is 0 Å². The molecule has 0 bridgehead atoms. The number of nitro benzene ring substituents is 1. The number of nitrogens with zero attached hydrogens (tertiary/aromatic N) is 1. The Kier molecular flexibility index (Phi) is 2.91. The quantitative estimate of drug-likeness (QED) is 0.577. The van der Waals surface area contributed by atoms with Crippen LogP contribution in [0.2, 0.25) is 0 Å². The van der Waals surface area contributed by atoms with Crippen LogP contribution in [0, 0.1) is 24.0 Å². The van der Waals surface area contributed by atoms with Crippen LogP contribution in [0.1, 0.15) is 11.1 Å². The lowest BCUT2D eigenvalue weighted by molar-refractivity contribution is -0.385. The average Bonchev–Trinajstić information content (AvgIpc) is 2.30. The van der Waals surface area contributed by atoms with Gasteiger partial charge < -0.3 is 0 Å². The van der Waals surface area contributed by atoms with Crippen molar-refractivity contribution in [3.63, 3.8) is 0 Å². The van der Waals surface area contributed by atoms with E-state index in [9.17, 15) is 10.1 Å². The maximum absolute atomic E-state index is 10.9. The van der Waals surface area contributed by atoms with Gasteiger partial charge in [0.05, 0.1) is 4.92 Å². The molecule has 2 aromatic rings. The normalized spacial score (nSPS) is 10.2. The van der Waals surface area contributed by atoms with Gasteiger partial charge in [0.25, 0.3) is 5.69 Å². The fourth-order valence-corrected chi connectivity index (χ4v) is 1.73.